The quantitative estimate of drug-likeness (QED) is 0.771. The van der Waals surface area contributed by atoms with Gasteiger partial charge in [-0.05, 0) is 30.5 Å². The molecule has 0 aliphatic carbocycles. The van der Waals surface area contributed by atoms with Gasteiger partial charge >= 0.3 is 0 Å². The SMILES string of the molecule is COc1cccc(CCNC(=O)[C@@H]2CC(=O)N([C@H]3CCS(=O)(=O)C3)C2)c1. The molecule has 2 amide bonds. The van der Waals surface area contributed by atoms with Gasteiger partial charge in [-0.25, -0.2) is 8.42 Å². The molecule has 2 fully saturated rings. The van der Waals surface area contributed by atoms with Crippen LogP contribution in [0.4, 0.5) is 0 Å². The van der Waals surface area contributed by atoms with Crippen molar-refractivity contribution in [3.63, 3.8) is 0 Å². The first-order valence-electron chi connectivity index (χ1n) is 8.78. The molecule has 0 radical (unpaired) electrons. The van der Waals surface area contributed by atoms with E-state index in [2.05, 4.69) is 5.32 Å². The smallest absolute Gasteiger partial charge is 0.225 e. The fourth-order valence-electron chi connectivity index (χ4n) is 3.58. The Morgan fingerprint density at radius 1 is 1.38 bits per heavy atom. The molecule has 2 aliphatic rings. The van der Waals surface area contributed by atoms with Gasteiger partial charge in [0.2, 0.25) is 11.8 Å². The highest BCUT2D eigenvalue weighted by molar-refractivity contribution is 7.91. The Bertz CT molecular complexity index is 793. The summed E-state index contributed by atoms with van der Waals surface area (Å²) in [4.78, 5) is 26.1. The van der Waals surface area contributed by atoms with Gasteiger partial charge in [0.25, 0.3) is 0 Å². The number of carbonyl (C=O) groups is 2. The largest absolute Gasteiger partial charge is 0.497 e. The monoisotopic (exact) mass is 380 g/mol. The maximum Gasteiger partial charge on any atom is 0.225 e. The van der Waals surface area contributed by atoms with Crippen molar-refractivity contribution in [2.24, 2.45) is 5.92 Å². The highest BCUT2D eigenvalue weighted by Gasteiger charge is 2.41. The van der Waals surface area contributed by atoms with Crippen molar-refractivity contribution >= 4 is 21.7 Å². The molecule has 3 rings (SSSR count). The summed E-state index contributed by atoms with van der Waals surface area (Å²) in [5.41, 5.74) is 1.06. The zero-order valence-electron chi connectivity index (χ0n) is 14.8. The van der Waals surface area contributed by atoms with Crippen LogP contribution < -0.4 is 10.1 Å². The number of benzene rings is 1. The second-order valence-corrected chi connectivity index (χ2v) is 9.13. The standard InChI is InChI=1S/C18H24N2O5S/c1-25-16-4-2-3-13(9-16)5-7-19-18(22)14-10-17(21)20(11-14)15-6-8-26(23,24)12-15/h2-4,9,14-15H,5-8,10-12H2,1H3,(H,19,22)/t14-,15+/m1/s1. The summed E-state index contributed by atoms with van der Waals surface area (Å²) in [5.74, 6) is 0.236. The van der Waals surface area contributed by atoms with E-state index in [1.54, 1.807) is 12.0 Å². The van der Waals surface area contributed by atoms with Crippen molar-refractivity contribution in [1.82, 2.24) is 10.2 Å². The topological polar surface area (TPSA) is 92.8 Å². The van der Waals surface area contributed by atoms with Crippen LogP contribution in [0.5, 0.6) is 5.75 Å². The van der Waals surface area contributed by atoms with Gasteiger partial charge in [0, 0.05) is 25.6 Å². The average Bonchev–Trinajstić information content (AvgIpc) is 3.17. The Labute approximate surface area is 153 Å². The molecule has 0 saturated carbocycles. The highest BCUT2D eigenvalue weighted by Crippen LogP contribution is 2.26. The molecule has 26 heavy (non-hydrogen) atoms. The van der Waals surface area contributed by atoms with Crippen molar-refractivity contribution in [3.05, 3.63) is 29.8 Å². The van der Waals surface area contributed by atoms with Crippen LogP contribution >= 0.6 is 0 Å². The Morgan fingerprint density at radius 2 is 2.19 bits per heavy atom. The highest BCUT2D eigenvalue weighted by atomic mass is 32.2. The van der Waals surface area contributed by atoms with Crippen molar-refractivity contribution < 1.29 is 22.7 Å². The minimum atomic E-state index is -3.05. The molecule has 0 spiro atoms. The van der Waals surface area contributed by atoms with Crippen LogP contribution in [-0.4, -0.2) is 62.9 Å². The lowest BCUT2D eigenvalue weighted by atomic mass is 10.1. The zero-order chi connectivity index (χ0) is 18.7. The number of nitrogens with one attached hydrogen (secondary N) is 1. The average molecular weight is 380 g/mol. The number of amides is 2. The minimum absolute atomic E-state index is 0.0168. The lowest BCUT2D eigenvalue weighted by Crippen LogP contribution is -2.39. The second-order valence-electron chi connectivity index (χ2n) is 6.90. The summed E-state index contributed by atoms with van der Waals surface area (Å²) in [7, 11) is -1.44. The second kappa shape index (κ2) is 7.65. The molecule has 7 nitrogen and oxygen atoms in total. The Kier molecular flexibility index (Phi) is 5.50. The molecule has 0 unspecified atom stereocenters. The third kappa shape index (κ3) is 4.35. The van der Waals surface area contributed by atoms with Gasteiger partial charge in [-0.2, -0.15) is 0 Å². The predicted octanol–water partition coefficient (Wildman–Crippen LogP) is 0.390. The van der Waals surface area contributed by atoms with Crippen molar-refractivity contribution in [1.29, 1.82) is 0 Å². The molecule has 142 valence electrons. The molecule has 8 heteroatoms. The van der Waals surface area contributed by atoms with Crippen LogP contribution in [0.2, 0.25) is 0 Å². The zero-order valence-corrected chi connectivity index (χ0v) is 15.6. The number of likely N-dealkylation sites (tertiary alicyclic amines) is 1. The van der Waals surface area contributed by atoms with Crippen LogP contribution in [0.25, 0.3) is 0 Å². The Morgan fingerprint density at radius 3 is 2.88 bits per heavy atom. The number of carbonyl (C=O) groups excluding carboxylic acids is 2. The van der Waals surface area contributed by atoms with E-state index in [9.17, 15) is 18.0 Å². The normalized spacial score (nSPS) is 24.7. The molecular weight excluding hydrogens is 356 g/mol. The Hall–Kier alpha value is -2.09. The third-order valence-corrected chi connectivity index (χ3v) is 6.78. The summed E-state index contributed by atoms with van der Waals surface area (Å²) in [6, 6.07) is 7.38. The van der Waals surface area contributed by atoms with Gasteiger partial charge in [0.1, 0.15) is 5.75 Å². The van der Waals surface area contributed by atoms with E-state index in [-0.39, 0.29) is 35.8 Å². The predicted molar refractivity (Wildman–Crippen MR) is 96.6 cm³/mol. The molecule has 2 saturated heterocycles. The van der Waals surface area contributed by atoms with E-state index >= 15 is 0 Å². The Balaban J connectivity index is 1.49. The first kappa shape index (κ1) is 18.7. The van der Waals surface area contributed by atoms with Crippen LogP contribution in [-0.2, 0) is 25.8 Å². The number of sulfone groups is 1. The number of hydrogen-bond donors (Lipinski definition) is 1. The van der Waals surface area contributed by atoms with E-state index in [1.165, 1.54) is 0 Å². The maximum absolute atomic E-state index is 12.4. The maximum atomic E-state index is 12.4. The first-order valence-corrected chi connectivity index (χ1v) is 10.6. The van der Waals surface area contributed by atoms with Crippen molar-refractivity contribution in [2.75, 3.05) is 31.7 Å². The summed E-state index contributed by atoms with van der Waals surface area (Å²) < 4.78 is 28.4. The van der Waals surface area contributed by atoms with Crippen LogP contribution in [0.1, 0.15) is 18.4 Å². The van der Waals surface area contributed by atoms with Gasteiger partial charge in [-0.15, -0.1) is 0 Å². The minimum Gasteiger partial charge on any atom is -0.497 e. The van der Waals surface area contributed by atoms with Crippen molar-refractivity contribution in [2.45, 2.75) is 25.3 Å². The number of methoxy groups -OCH3 is 1. The molecule has 0 bridgehead atoms. The van der Waals surface area contributed by atoms with E-state index in [1.807, 2.05) is 24.3 Å². The lowest BCUT2D eigenvalue weighted by Gasteiger charge is -2.22. The van der Waals surface area contributed by atoms with Gasteiger partial charge < -0.3 is 15.0 Å². The van der Waals surface area contributed by atoms with Gasteiger partial charge in [0.15, 0.2) is 9.84 Å². The summed E-state index contributed by atoms with van der Waals surface area (Å²) in [6.07, 6.45) is 1.30. The van der Waals surface area contributed by atoms with Gasteiger partial charge in [-0.3, -0.25) is 9.59 Å². The summed E-state index contributed by atoms with van der Waals surface area (Å²) in [5, 5.41) is 2.88. The van der Waals surface area contributed by atoms with E-state index in [4.69, 9.17) is 4.74 Å². The lowest BCUT2D eigenvalue weighted by molar-refractivity contribution is -0.130. The first-order chi connectivity index (χ1) is 12.4. The van der Waals surface area contributed by atoms with Gasteiger partial charge in [0.05, 0.1) is 24.5 Å². The van der Waals surface area contributed by atoms with Crippen LogP contribution in [0.15, 0.2) is 24.3 Å². The van der Waals surface area contributed by atoms with E-state index in [0.29, 0.717) is 25.9 Å². The van der Waals surface area contributed by atoms with Crippen LogP contribution in [0.3, 0.4) is 0 Å². The van der Waals surface area contributed by atoms with Crippen LogP contribution in [0, 0.1) is 5.92 Å². The molecule has 2 aliphatic heterocycles. The molecule has 0 aromatic heterocycles. The van der Waals surface area contributed by atoms with E-state index < -0.39 is 15.8 Å². The number of hydrogen-bond acceptors (Lipinski definition) is 5. The summed E-state index contributed by atoms with van der Waals surface area (Å²) >= 11 is 0. The van der Waals surface area contributed by atoms with E-state index in [0.717, 1.165) is 11.3 Å². The molecule has 1 N–H and O–H groups in total. The number of nitrogens with zero attached hydrogens (tertiary/aromatic N) is 1. The number of rotatable bonds is 6. The molecule has 1 aromatic rings. The number of ether oxygens (including phenoxy) is 1. The van der Waals surface area contributed by atoms with Crippen molar-refractivity contribution in [3.8, 4) is 5.75 Å². The third-order valence-electron chi connectivity index (χ3n) is 5.03. The summed E-state index contributed by atoms with van der Waals surface area (Å²) in [6.45, 7) is 0.790. The fraction of sp³-hybridized carbons (Fsp3) is 0.556. The molecule has 1 aromatic carbocycles. The molecular formula is C18H24N2O5S. The molecule has 2 heterocycles. The van der Waals surface area contributed by atoms with Gasteiger partial charge in [-0.1, -0.05) is 12.1 Å². The fourth-order valence-corrected chi connectivity index (χ4v) is 5.31. The molecule has 2 atom stereocenters.